The van der Waals surface area contributed by atoms with E-state index in [9.17, 15) is 4.79 Å². The van der Waals surface area contributed by atoms with E-state index in [-0.39, 0.29) is 5.91 Å². The third-order valence-electron chi connectivity index (χ3n) is 3.69. The number of anilines is 2. The predicted octanol–water partition coefficient (Wildman–Crippen LogP) is 3.36. The third kappa shape index (κ3) is 2.70. The first-order valence-electron chi connectivity index (χ1n) is 7.03. The van der Waals surface area contributed by atoms with E-state index in [1.54, 1.807) is 6.07 Å². The van der Waals surface area contributed by atoms with Crippen molar-refractivity contribution in [2.45, 2.75) is 13.8 Å². The molecule has 4 heteroatoms. The van der Waals surface area contributed by atoms with Gasteiger partial charge in [0.1, 0.15) is 6.61 Å². The number of benzene rings is 2. The van der Waals surface area contributed by atoms with Crippen LogP contribution in [0.4, 0.5) is 11.4 Å². The molecule has 0 saturated heterocycles. The Bertz CT molecular complexity index is 695. The fraction of sp³-hybridized carbons (Fsp3) is 0.235. The average molecular weight is 282 g/mol. The molecule has 21 heavy (non-hydrogen) atoms. The van der Waals surface area contributed by atoms with Gasteiger partial charge in [0.25, 0.3) is 5.91 Å². The van der Waals surface area contributed by atoms with Crippen molar-refractivity contribution in [3.8, 4) is 5.75 Å². The lowest BCUT2D eigenvalue weighted by Crippen LogP contribution is -2.21. The molecular formula is C17H18N2O2. The molecule has 108 valence electrons. The molecule has 0 aromatic heterocycles. The van der Waals surface area contributed by atoms with E-state index in [0.717, 1.165) is 23.5 Å². The van der Waals surface area contributed by atoms with Gasteiger partial charge in [-0.05, 0) is 49.2 Å². The van der Waals surface area contributed by atoms with Crippen molar-refractivity contribution in [1.29, 1.82) is 0 Å². The van der Waals surface area contributed by atoms with E-state index in [2.05, 4.69) is 10.6 Å². The SMILES string of the molecule is Cc1ccc(NC(=O)c2cccc3c2OCCN3)cc1C. The van der Waals surface area contributed by atoms with Crippen LogP contribution in [0.15, 0.2) is 36.4 Å². The second-order valence-electron chi connectivity index (χ2n) is 5.21. The van der Waals surface area contributed by atoms with Crippen LogP contribution in [0.1, 0.15) is 21.5 Å². The first-order valence-corrected chi connectivity index (χ1v) is 7.03. The number of carbonyl (C=O) groups excluding carboxylic acids is 1. The minimum atomic E-state index is -0.154. The Morgan fingerprint density at radius 1 is 1.19 bits per heavy atom. The highest BCUT2D eigenvalue weighted by Crippen LogP contribution is 2.31. The lowest BCUT2D eigenvalue weighted by Gasteiger charge is -2.21. The first-order chi connectivity index (χ1) is 10.1. The monoisotopic (exact) mass is 282 g/mol. The van der Waals surface area contributed by atoms with E-state index < -0.39 is 0 Å². The summed E-state index contributed by atoms with van der Waals surface area (Å²) in [6.07, 6.45) is 0. The second-order valence-corrected chi connectivity index (χ2v) is 5.21. The summed E-state index contributed by atoms with van der Waals surface area (Å²) in [5, 5.41) is 6.16. The van der Waals surface area contributed by atoms with Gasteiger partial charge >= 0.3 is 0 Å². The van der Waals surface area contributed by atoms with Crippen molar-refractivity contribution < 1.29 is 9.53 Å². The third-order valence-corrected chi connectivity index (χ3v) is 3.69. The minimum Gasteiger partial charge on any atom is -0.489 e. The van der Waals surface area contributed by atoms with Gasteiger partial charge in [-0.15, -0.1) is 0 Å². The standard InChI is InChI=1S/C17H18N2O2/c1-11-6-7-13(10-12(11)2)19-17(20)14-4-3-5-15-16(14)21-9-8-18-15/h3-7,10,18H,8-9H2,1-2H3,(H,19,20). The average Bonchev–Trinajstić information content (AvgIpc) is 2.50. The van der Waals surface area contributed by atoms with Gasteiger partial charge in [0.05, 0.1) is 11.3 Å². The molecule has 0 atom stereocenters. The Balaban J connectivity index is 1.87. The molecule has 1 heterocycles. The van der Waals surface area contributed by atoms with E-state index in [1.807, 2.05) is 44.2 Å². The molecule has 2 aromatic carbocycles. The van der Waals surface area contributed by atoms with Crippen LogP contribution < -0.4 is 15.4 Å². The van der Waals surface area contributed by atoms with Crippen molar-refractivity contribution in [2.24, 2.45) is 0 Å². The number of rotatable bonds is 2. The number of amides is 1. The molecule has 0 saturated carbocycles. The molecule has 3 rings (SSSR count). The van der Waals surface area contributed by atoms with Gasteiger partial charge in [-0.25, -0.2) is 0 Å². The predicted molar refractivity (Wildman–Crippen MR) is 84.3 cm³/mol. The molecule has 0 fully saturated rings. The Morgan fingerprint density at radius 3 is 2.86 bits per heavy atom. The van der Waals surface area contributed by atoms with Crippen LogP contribution in [0.25, 0.3) is 0 Å². The van der Waals surface area contributed by atoms with E-state index in [0.29, 0.717) is 17.9 Å². The Morgan fingerprint density at radius 2 is 2.05 bits per heavy atom. The van der Waals surface area contributed by atoms with Gasteiger partial charge in [-0.1, -0.05) is 12.1 Å². The highest BCUT2D eigenvalue weighted by molar-refractivity contribution is 6.07. The van der Waals surface area contributed by atoms with Crippen LogP contribution in [-0.2, 0) is 0 Å². The topological polar surface area (TPSA) is 50.4 Å². The number of nitrogens with one attached hydrogen (secondary N) is 2. The van der Waals surface area contributed by atoms with Gasteiger partial charge in [0.2, 0.25) is 0 Å². The van der Waals surface area contributed by atoms with Gasteiger partial charge < -0.3 is 15.4 Å². The van der Waals surface area contributed by atoms with Gasteiger partial charge in [-0.2, -0.15) is 0 Å². The summed E-state index contributed by atoms with van der Waals surface area (Å²) in [7, 11) is 0. The van der Waals surface area contributed by atoms with E-state index in [4.69, 9.17) is 4.74 Å². The molecule has 0 bridgehead atoms. The molecule has 0 unspecified atom stereocenters. The maximum atomic E-state index is 12.5. The highest BCUT2D eigenvalue weighted by Gasteiger charge is 2.19. The van der Waals surface area contributed by atoms with E-state index >= 15 is 0 Å². The molecule has 2 aromatic rings. The fourth-order valence-corrected chi connectivity index (χ4v) is 2.37. The van der Waals surface area contributed by atoms with Gasteiger partial charge in [0, 0.05) is 12.2 Å². The zero-order chi connectivity index (χ0) is 14.8. The normalized spacial score (nSPS) is 12.9. The van der Waals surface area contributed by atoms with E-state index in [1.165, 1.54) is 5.56 Å². The summed E-state index contributed by atoms with van der Waals surface area (Å²) in [5.74, 6) is 0.476. The first kappa shape index (κ1) is 13.5. The molecule has 4 nitrogen and oxygen atoms in total. The van der Waals surface area contributed by atoms with Crippen LogP contribution in [0.5, 0.6) is 5.75 Å². The summed E-state index contributed by atoms with van der Waals surface area (Å²) in [6, 6.07) is 11.4. The summed E-state index contributed by atoms with van der Waals surface area (Å²) in [5.41, 5.74) is 4.58. The molecule has 0 spiro atoms. The maximum Gasteiger partial charge on any atom is 0.259 e. The van der Waals surface area contributed by atoms with Gasteiger partial charge in [-0.3, -0.25) is 4.79 Å². The molecule has 2 N–H and O–H groups in total. The summed E-state index contributed by atoms with van der Waals surface area (Å²) in [6.45, 7) is 5.41. The number of aryl methyl sites for hydroxylation is 2. The van der Waals surface area contributed by atoms with Crippen molar-refractivity contribution in [3.63, 3.8) is 0 Å². The Labute approximate surface area is 124 Å². The quantitative estimate of drug-likeness (QED) is 0.888. The number of para-hydroxylation sites is 1. The Hall–Kier alpha value is -2.49. The minimum absolute atomic E-state index is 0.154. The molecular weight excluding hydrogens is 264 g/mol. The molecule has 0 aliphatic carbocycles. The number of hydrogen-bond acceptors (Lipinski definition) is 3. The van der Waals surface area contributed by atoms with Crippen LogP contribution in [0.2, 0.25) is 0 Å². The van der Waals surface area contributed by atoms with Crippen molar-refractivity contribution in [3.05, 3.63) is 53.1 Å². The number of fused-ring (bicyclic) bond motifs is 1. The van der Waals surface area contributed by atoms with Crippen molar-refractivity contribution in [2.75, 3.05) is 23.8 Å². The smallest absolute Gasteiger partial charge is 0.259 e. The summed E-state index contributed by atoms with van der Waals surface area (Å²) >= 11 is 0. The van der Waals surface area contributed by atoms with Crippen LogP contribution in [0, 0.1) is 13.8 Å². The zero-order valence-electron chi connectivity index (χ0n) is 12.2. The van der Waals surface area contributed by atoms with Crippen LogP contribution in [-0.4, -0.2) is 19.1 Å². The summed E-state index contributed by atoms with van der Waals surface area (Å²) in [4.78, 5) is 12.5. The van der Waals surface area contributed by atoms with Crippen molar-refractivity contribution in [1.82, 2.24) is 0 Å². The van der Waals surface area contributed by atoms with Crippen LogP contribution >= 0.6 is 0 Å². The molecule has 1 aliphatic heterocycles. The second kappa shape index (κ2) is 5.48. The number of hydrogen-bond donors (Lipinski definition) is 2. The fourth-order valence-electron chi connectivity index (χ4n) is 2.37. The lowest BCUT2D eigenvalue weighted by atomic mass is 10.1. The summed E-state index contributed by atoms with van der Waals surface area (Å²) < 4.78 is 5.63. The highest BCUT2D eigenvalue weighted by atomic mass is 16.5. The molecule has 1 amide bonds. The molecule has 0 radical (unpaired) electrons. The van der Waals surface area contributed by atoms with Gasteiger partial charge in [0.15, 0.2) is 5.75 Å². The zero-order valence-corrected chi connectivity index (χ0v) is 12.2. The van der Waals surface area contributed by atoms with Crippen LogP contribution in [0.3, 0.4) is 0 Å². The largest absolute Gasteiger partial charge is 0.489 e. The number of ether oxygens (including phenoxy) is 1. The number of carbonyl (C=O) groups is 1. The maximum absolute atomic E-state index is 12.5. The Kier molecular flexibility index (Phi) is 3.52. The van der Waals surface area contributed by atoms with Crippen molar-refractivity contribution >= 4 is 17.3 Å². The molecule has 1 aliphatic rings. The lowest BCUT2D eigenvalue weighted by molar-refractivity contribution is 0.102.